The number of hydrogen-bond acceptors (Lipinski definition) is 4. The van der Waals surface area contributed by atoms with E-state index in [9.17, 15) is 9.59 Å². The Morgan fingerprint density at radius 3 is 2.50 bits per heavy atom. The minimum absolute atomic E-state index is 0.279. The summed E-state index contributed by atoms with van der Waals surface area (Å²) in [4.78, 5) is 25.2. The van der Waals surface area contributed by atoms with Gasteiger partial charge in [0.05, 0.1) is 5.56 Å². The number of amides is 1. The molecule has 0 saturated heterocycles. The van der Waals surface area contributed by atoms with Crippen LogP contribution in [0, 0.1) is 0 Å². The molecular weight excluding hydrogens is 258 g/mol. The minimum Gasteiger partial charge on any atom is -0.457 e. The van der Waals surface area contributed by atoms with Crippen molar-refractivity contribution >= 4 is 12.1 Å². The van der Waals surface area contributed by atoms with Crippen molar-refractivity contribution in [2.24, 2.45) is 0 Å². The average molecular weight is 275 g/mol. The zero-order chi connectivity index (χ0) is 14.5. The summed E-state index contributed by atoms with van der Waals surface area (Å²) in [5.74, 6) is -0.279. The maximum Gasteiger partial charge on any atom is 0.410 e. The van der Waals surface area contributed by atoms with Crippen LogP contribution in [-0.4, -0.2) is 22.6 Å². The van der Waals surface area contributed by atoms with Crippen molar-refractivity contribution in [2.45, 2.75) is 46.1 Å². The van der Waals surface area contributed by atoms with E-state index >= 15 is 0 Å². The van der Waals surface area contributed by atoms with Crippen molar-refractivity contribution in [3.05, 3.63) is 34.4 Å². The predicted octanol–water partition coefficient (Wildman–Crippen LogP) is 2.61. The van der Waals surface area contributed by atoms with Crippen LogP contribution in [-0.2, 0) is 29.2 Å². The van der Waals surface area contributed by atoms with Crippen LogP contribution in [0.1, 0.15) is 47.8 Å². The van der Waals surface area contributed by atoms with Gasteiger partial charge in [0.25, 0.3) is 0 Å². The second-order valence-corrected chi connectivity index (χ2v) is 6.19. The second kappa shape index (κ2) is 4.23. The monoisotopic (exact) mass is 275 g/mol. The van der Waals surface area contributed by atoms with Crippen LogP contribution in [0.3, 0.4) is 0 Å². The molecule has 0 aliphatic carbocycles. The highest BCUT2D eigenvalue weighted by Crippen LogP contribution is 2.30. The lowest BCUT2D eigenvalue weighted by Gasteiger charge is -2.24. The molecule has 106 valence electrons. The molecular formula is C15H17NO4. The molecule has 0 saturated carbocycles. The number of cyclic esters (lactones) is 1. The third kappa shape index (κ3) is 2.24. The maximum atomic E-state index is 12.1. The van der Waals surface area contributed by atoms with Gasteiger partial charge in [0.1, 0.15) is 12.2 Å². The number of ether oxygens (including phenoxy) is 2. The average Bonchev–Trinajstić information content (AvgIpc) is 2.89. The van der Waals surface area contributed by atoms with Gasteiger partial charge in [0, 0.05) is 18.7 Å². The summed E-state index contributed by atoms with van der Waals surface area (Å²) in [6.07, 6.45) is -0.323. The van der Waals surface area contributed by atoms with E-state index < -0.39 is 5.60 Å². The van der Waals surface area contributed by atoms with Crippen LogP contribution in [0.2, 0.25) is 0 Å². The molecule has 2 aliphatic heterocycles. The molecule has 0 spiro atoms. The largest absolute Gasteiger partial charge is 0.457 e. The number of carbonyl (C=O) groups excluding carboxylic acids is 2. The third-order valence-electron chi connectivity index (χ3n) is 3.38. The van der Waals surface area contributed by atoms with E-state index in [0.717, 1.165) is 16.7 Å². The minimum atomic E-state index is -0.503. The summed E-state index contributed by atoms with van der Waals surface area (Å²) in [5.41, 5.74) is 3.08. The Labute approximate surface area is 117 Å². The summed E-state index contributed by atoms with van der Waals surface area (Å²) < 4.78 is 10.4. The molecule has 2 heterocycles. The Balaban J connectivity index is 1.80. The molecule has 0 N–H and O–H groups in total. The third-order valence-corrected chi connectivity index (χ3v) is 3.38. The Morgan fingerprint density at radius 1 is 1.20 bits per heavy atom. The second-order valence-electron chi connectivity index (χ2n) is 6.19. The molecule has 1 amide bonds. The normalized spacial score (nSPS) is 16.8. The van der Waals surface area contributed by atoms with Crippen LogP contribution in [0.5, 0.6) is 0 Å². The van der Waals surface area contributed by atoms with Gasteiger partial charge in [0.2, 0.25) is 0 Å². The molecule has 0 radical (unpaired) electrons. The summed E-state index contributed by atoms with van der Waals surface area (Å²) in [5, 5.41) is 0. The van der Waals surface area contributed by atoms with Gasteiger partial charge in [0.15, 0.2) is 0 Å². The lowest BCUT2D eigenvalue weighted by Crippen LogP contribution is -2.33. The van der Waals surface area contributed by atoms with Crippen LogP contribution in [0.4, 0.5) is 4.79 Å². The Hall–Kier alpha value is -2.04. The molecule has 0 atom stereocenters. The van der Waals surface area contributed by atoms with Crippen molar-refractivity contribution in [3.63, 3.8) is 0 Å². The van der Waals surface area contributed by atoms with E-state index in [2.05, 4.69) is 0 Å². The Morgan fingerprint density at radius 2 is 1.85 bits per heavy atom. The molecule has 1 aromatic carbocycles. The fourth-order valence-electron chi connectivity index (χ4n) is 2.49. The van der Waals surface area contributed by atoms with Gasteiger partial charge in [-0.2, -0.15) is 0 Å². The van der Waals surface area contributed by atoms with Gasteiger partial charge >= 0.3 is 12.1 Å². The zero-order valence-corrected chi connectivity index (χ0v) is 11.9. The zero-order valence-electron chi connectivity index (χ0n) is 11.9. The quantitative estimate of drug-likeness (QED) is 0.683. The van der Waals surface area contributed by atoms with Gasteiger partial charge in [-0.15, -0.1) is 0 Å². The molecule has 5 heteroatoms. The van der Waals surface area contributed by atoms with Crippen LogP contribution < -0.4 is 0 Å². The molecule has 3 rings (SSSR count). The number of carbonyl (C=O) groups is 2. The van der Waals surface area contributed by atoms with Gasteiger partial charge in [-0.05, 0) is 44.0 Å². The van der Waals surface area contributed by atoms with E-state index in [4.69, 9.17) is 9.47 Å². The van der Waals surface area contributed by atoms with E-state index in [-0.39, 0.29) is 12.1 Å². The van der Waals surface area contributed by atoms with Crippen molar-refractivity contribution in [1.29, 1.82) is 0 Å². The van der Waals surface area contributed by atoms with Crippen molar-refractivity contribution in [2.75, 3.05) is 0 Å². The summed E-state index contributed by atoms with van der Waals surface area (Å²) in [6.45, 7) is 6.86. The Kier molecular flexibility index (Phi) is 2.74. The number of nitrogens with zero attached hydrogens (tertiary/aromatic N) is 1. The molecule has 1 aromatic rings. The summed E-state index contributed by atoms with van der Waals surface area (Å²) in [6, 6.07) is 3.80. The predicted molar refractivity (Wildman–Crippen MR) is 71.0 cm³/mol. The molecule has 0 unspecified atom stereocenters. The SMILES string of the molecule is CC(C)(C)OC(=O)N1Cc2cc3c(cc2C1)C(=O)OC3. The molecule has 20 heavy (non-hydrogen) atoms. The molecule has 5 nitrogen and oxygen atoms in total. The van der Waals surface area contributed by atoms with E-state index in [0.29, 0.717) is 25.3 Å². The van der Waals surface area contributed by atoms with Crippen molar-refractivity contribution in [3.8, 4) is 0 Å². The first kappa shape index (κ1) is 13.0. The van der Waals surface area contributed by atoms with Gasteiger partial charge in [-0.3, -0.25) is 4.90 Å². The maximum absolute atomic E-state index is 12.1. The summed E-state index contributed by atoms with van der Waals surface area (Å²) in [7, 11) is 0. The van der Waals surface area contributed by atoms with Gasteiger partial charge in [-0.1, -0.05) is 0 Å². The molecule has 0 bridgehead atoms. The van der Waals surface area contributed by atoms with Gasteiger partial charge < -0.3 is 9.47 Å². The van der Waals surface area contributed by atoms with Crippen molar-refractivity contribution < 1.29 is 19.1 Å². The van der Waals surface area contributed by atoms with E-state index in [1.54, 1.807) is 4.90 Å². The first-order valence-corrected chi connectivity index (χ1v) is 6.63. The first-order chi connectivity index (χ1) is 9.33. The number of esters is 1. The Bertz CT molecular complexity index is 601. The fraction of sp³-hybridized carbons (Fsp3) is 0.467. The highest BCUT2D eigenvalue weighted by molar-refractivity contribution is 5.93. The number of rotatable bonds is 0. The topological polar surface area (TPSA) is 55.8 Å². The first-order valence-electron chi connectivity index (χ1n) is 6.63. The molecule has 0 aromatic heterocycles. The van der Waals surface area contributed by atoms with Gasteiger partial charge in [-0.25, -0.2) is 9.59 Å². The van der Waals surface area contributed by atoms with Crippen LogP contribution in [0.25, 0.3) is 0 Å². The van der Waals surface area contributed by atoms with Crippen LogP contribution in [0.15, 0.2) is 12.1 Å². The standard InChI is InChI=1S/C15H17NO4/c1-15(2,3)20-14(18)16-6-9-4-11-8-19-13(17)12(11)5-10(9)7-16/h4-5H,6-8H2,1-3H3. The van der Waals surface area contributed by atoms with E-state index in [1.807, 2.05) is 32.9 Å². The highest BCUT2D eigenvalue weighted by atomic mass is 16.6. The number of benzene rings is 1. The van der Waals surface area contributed by atoms with Crippen LogP contribution >= 0.6 is 0 Å². The fourth-order valence-corrected chi connectivity index (χ4v) is 2.49. The smallest absolute Gasteiger partial charge is 0.410 e. The summed E-state index contributed by atoms with van der Waals surface area (Å²) >= 11 is 0. The molecule has 0 fully saturated rings. The van der Waals surface area contributed by atoms with Crippen molar-refractivity contribution in [1.82, 2.24) is 4.90 Å². The molecule has 2 aliphatic rings. The highest BCUT2D eigenvalue weighted by Gasteiger charge is 2.31. The lowest BCUT2D eigenvalue weighted by molar-refractivity contribution is 0.0242. The number of hydrogen-bond donors (Lipinski definition) is 0. The van der Waals surface area contributed by atoms with E-state index in [1.165, 1.54) is 0 Å². The number of fused-ring (bicyclic) bond motifs is 2. The lowest BCUT2D eigenvalue weighted by atomic mass is 10.0.